The number of alkyl halides is 1. The molecule has 1 aromatic carbocycles. The first-order valence-electron chi connectivity index (χ1n) is 4.82. The highest BCUT2D eigenvalue weighted by Gasteiger charge is 2.16. The van der Waals surface area contributed by atoms with E-state index in [9.17, 15) is 4.79 Å². The van der Waals surface area contributed by atoms with Gasteiger partial charge in [-0.25, -0.2) is 4.79 Å². The zero-order valence-electron chi connectivity index (χ0n) is 8.81. The Kier molecular flexibility index (Phi) is 4.43. The third kappa shape index (κ3) is 3.44. The Labute approximate surface area is 94.6 Å². The van der Waals surface area contributed by atoms with Gasteiger partial charge in [0.25, 0.3) is 0 Å². The third-order valence-corrected chi connectivity index (χ3v) is 1.96. The maximum Gasteiger partial charge on any atom is 0.415 e. The van der Waals surface area contributed by atoms with Gasteiger partial charge in [-0.3, -0.25) is 4.90 Å². The molecule has 1 amide bonds. The lowest BCUT2D eigenvalue weighted by atomic mass is 10.3. The van der Waals surface area contributed by atoms with Crippen LogP contribution in [-0.2, 0) is 4.74 Å². The van der Waals surface area contributed by atoms with Crippen LogP contribution in [0.1, 0.15) is 13.8 Å². The molecule has 4 heteroatoms. The Hall–Kier alpha value is -1.22. The van der Waals surface area contributed by atoms with Crippen molar-refractivity contribution in [2.45, 2.75) is 19.4 Å². The monoisotopic (exact) mass is 227 g/mol. The summed E-state index contributed by atoms with van der Waals surface area (Å²) in [6.45, 7) is 4.04. The number of hydrogen-bond donors (Lipinski definition) is 0. The molecule has 0 radical (unpaired) electrons. The average molecular weight is 228 g/mol. The largest absolute Gasteiger partial charge is 0.430 e. The highest BCUT2D eigenvalue weighted by atomic mass is 35.5. The van der Waals surface area contributed by atoms with Crippen LogP contribution in [0, 0.1) is 0 Å². The molecule has 0 N–H and O–H groups in total. The van der Waals surface area contributed by atoms with Gasteiger partial charge >= 0.3 is 6.09 Å². The van der Waals surface area contributed by atoms with Crippen molar-refractivity contribution >= 4 is 23.4 Å². The molecule has 82 valence electrons. The van der Waals surface area contributed by atoms with Gasteiger partial charge in [-0.2, -0.15) is 0 Å². The summed E-state index contributed by atoms with van der Waals surface area (Å²) in [5.41, 5.74) is 0.192. The predicted molar refractivity (Wildman–Crippen MR) is 61.3 cm³/mol. The van der Waals surface area contributed by atoms with E-state index in [1.54, 1.807) is 6.92 Å². The molecule has 1 aromatic rings. The summed E-state index contributed by atoms with van der Waals surface area (Å²) in [5.74, 6) is 0. The van der Waals surface area contributed by atoms with Crippen molar-refractivity contribution < 1.29 is 9.53 Å². The van der Waals surface area contributed by atoms with Gasteiger partial charge in [-0.05, 0) is 26.0 Å². The van der Waals surface area contributed by atoms with E-state index in [4.69, 9.17) is 16.3 Å². The molecular weight excluding hydrogens is 214 g/mol. The van der Waals surface area contributed by atoms with Crippen molar-refractivity contribution in [3.05, 3.63) is 30.3 Å². The molecular formula is C11H14ClNO2. The van der Waals surface area contributed by atoms with Gasteiger partial charge in [0, 0.05) is 12.2 Å². The number of halogens is 1. The molecule has 0 fully saturated rings. The molecule has 0 saturated heterocycles. The highest BCUT2D eigenvalue weighted by molar-refractivity contribution is 6.20. The van der Waals surface area contributed by atoms with Crippen LogP contribution in [0.3, 0.4) is 0 Å². The van der Waals surface area contributed by atoms with E-state index in [1.807, 2.05) is 37.3 Å². The van der Waals surface area contributed by atoms with Crippen molar-refractivity contribution in [2.24, 2.45) is 0 Å². The smallest absolute Gasteiger partial charge is 0.415 e. The van der Waals surface area contributed by atoms with Gasteiger partial charge < -0.3 is 4.74 Å². The number of para-hydroxylation sites is 1. The molecule has 0 heterocycles. The molecule has 15 heavy (non-hydrogen) atoms. The number of rotatable bonds is 3. The lowest BCUT2D eigenvalue weighted by Gasteiger charge is -2.21. The summed E-state index contributed by atoms with van der Waals surface area (Å²) in [4.78, 5) is 13.1. The van der Waals surface area contributed by atoms with Gasteiger partial charge in [0.1, 0.15) is 0 Å². The van der Waals surface area contributed by atoms with Crippen LogP contribution in [0.15, 0.2) is 30.3 Å². The second-order valence-electron chi connectivity index (χ2n) is 3.01. The van der Waals surface area contributed by atoms with Gasteiger partial charge in [0.2, 0.25) is 0 Å². The quantitative estimate of drug-likeness (QED) is 0.742. The highest BCUT2D eigenvalue weighted by Crippen LogP contribution is 2.15. The number of ether oxygens (including phenoxy) is 1. The first kappa shape index (κ1) is 11.9. The number of carbonyl (C=O) groups is 1. The second-order valence-corrected chi connectivity index (χ2v) is 3.62. The van der Waals surface area contributed by atoms with Crippen molar-refractivity contribution in [3.63, 3.8) is 0 Å². The summed E-state index contributed by atoms with van der Waals surface area (Å²) in [5, 5.41) is 0. The standard InChI is InChI=1S/C11H14ClNO2/c1-3-13(11(14)15-9(2)12)10-7-5-4-6-8-10/h4-9H,3H2,1-2H3/t9-/m1/s1. The van der Waals surface area contributed by atoms with E-state index in [0.29, 0.717) is 6.54 Å². The van der Waals surface area contributed by atoms with Crippen molar-refractivity contribution in [3.8, 4) is 0 Å². The molecule has 1 rings (SSSR count). The Balaban J connectivity index is 2.76. The zero-order chi connectivity index (χ0) is 11.3. The Bertz CT molecular complexity index is 314. The lowest BCUT2D eigenvalue weighted by Crippen LogP contribution is -2.32. The summed E-state index contributed by atoms with van der Waals surface area (Å²) >= 11 is 5.59. The molecule has 3 nitrogen and oxygen atoms in total. The number of nitrogens with zero attached hydrogens (tertiary/aromatic N) is 1. The SMILES string of the molecule is CCN(C(=O)O[C@H](C)Cl)c1ccccc1. The van der Waals surface area contributed by atoms with Crippen molar-refractivity contribution in [1.82, 2.24) is 0 Å². The van der Waals surface area contributed by atoms with Gasteiger partial charge in [-0.1, -0.05) is 29.8 Å². The van der Waals surface area contributed by atoms with Crippen LogP contribution in [0.25, 0.3) is 0 Å². The molecule has 0 aliphatic heterocycles. The normalized spacial score (nSPS) is 11.9. The van der Waals surface area contributed by atoms with Crippen molar-refractivity contribution in [2.75, 3.05) is 11.4 Å². The molecule has 0 aromatic heterocycles. The maximum atomic E-state index is 11.6. The zero-order valence-corrected chi connectivity index (χ0v) is 9.57. The fourth-order valence-electron chi connectivity index (χ4n) is 1.23. The first-order valence-corrected chi connectivity index (χ1v) is 5.26. The lowest BCUT2D eigenvalue weighted by molar-refractivity contribution is 0.146. The fourth-order valence-corrected chi connectivity index (χ4v) is 1.30. The number of amides is 1. The summed E-state index contributed by atoms with van der Waals surface area (Å²) in [6.07, 6.45) is -0.425. The van der Waals surface area contributed by atoms with E-state index < -0.39 is 11.7 Å². The topological polar surface area (TPSA) is 29.5 Å². The van der Waals surface area contributed by atoms with E-state index >= 15 is 0 Å². The predicted octanol–water partition coefficient (Wildman–Crippen LogP) is 3.23. The Morgan fingerprint density at radius 2 is 2.07 bits per heavy atom. The summed E-state index contributed by atoms with van der Waals surface area (Å²) < 4.78 is 4.91. The average Bonchev–Trinajstić information content (AvgIpc) is 2.19. The molecule has 0 spiro atoms. The Morgan fingerprint density at radius 3 is 2.53 bits per heavy atom. The minimum Gasteiger partial charge on any atom is -0.430 e. The second kappa shape index (κ2) is 5.61. The van der Waals surface area contributed by atoms with Crippen LogP contribution < -0.4 is 4.90 Å². The molecule has 0 unspecified atom stereocenters. The molecule has 1 atom stereocenters. The van der Waals surface area contributed by atoms with E-state index in [0.717, 1.165) is 5.69 Å². The van der Waals surface area contributed by atoms with Crippen molar-refractivity contribution in [1.29, 1.82) is 0 Å². The van der Waals surface area contributed by atoms with Crippen LogP contribution in [0.2, 0.25) is 0 Å². The number of anilines is 1. The van der Waals surface area contributed by atoms with Crippen LogP contribution in [-0.4, -0.2) is 18.2 Å². The van der Waals surface area contributed by atoms with Crippen LogP contribution in [0.5, 0.6) is 0 Å². The number of benzene rings is 1. The molecule has 0 bridgehead atoms. The number of carbonyl (C=O) groups excluding carboxylic acids is 1. The third-order valence-electron chi connectivity index (χ3n) is 1.87. The van der Waals surface area contributed by atoms with Gasteiger partial charge in [-0.15, -0.1) is 0 Å². The summed E-state index contributed by atoms with van der Waals surface area (Å²) in [6, 6.07) is 9.34. The van der Waals surface area contributed by atoms with E-state index in [1.165, 1.54) is 4.90 Å². The molecule has 0 saturated carbocycles. The van der Waals surface area contributed by atoms with E-state index in [-0.39, 0.29) is 0 Å². The van der Waals surface area contributed by atoms with Gasteiger partial charge in [0.05, 0.1) is 0 Å². The molecule has 0 aliphatic carbocycles. The Morgan fingerprint density at radius 1 is 1.47 bits per heavy atom. The van der Waals surface area contributed by atoms with Crippen LogP contribution >= 0.6 is 11.6 Å². The summed E-state index contributed by atoms with van der Waals surface area (Å²) in [7, 11) is 0. The van der Waals surface area contributed by atoms with Crippen LogP contribution in [0.4, 0.5) is 10.5 Å². The minimum atomic E-state index is -0.615. The maximum absolute atomic E-state index is 11.6. The van der Waals surface area contributed by atoms with E-state index in [2.05, 4.69) is 0 Å². The fraction of sp³-hybridized carbons (Fsp3) is 0.364. The number of hydrogen-bond acceptors (Lipinski definition) is 2. The van der Waals surface area contributed by atoms with Gasteiger partial charge in [0.15, 0.2) is 5.56 Å². The minimum absolute atomic E-state index is 0.425. The molecule has 0 aliphatic rings. The first-order chi connectivity index (χ1) is 7.15.